The summed E-state index contributed by atoms with van der Waals surface area (Å²) in [5.74, 6) is 1.43. The number of ether oxygens (including phenoxy) is 4. The molecular formula is C32H38N2O8S. The van der Waals surface area contributed by atoms with Crippen LogP contribution < -0.4 is 24.3 Å². The van der Waals surface area contributed by atoms with Gasteiger partial charge in [0.15, 0.2) is 23.0 Å². The van der Waals surface area contributed by atoms with Crippen molar-refractivity contribution in [3.05, 3.63) is 63.7 Å². The number of nitrogens with zero attached hydrogens (tertiary/aromatic N) is 1. The topological polar surface area (TPSA) is 124 Å². The van der Waals surface area contributed by atoms with Crippen molar-refractivity contribution in [2.45, 2.75) is 61.5 Å². The Morgan fingerprint density at radius 1 is 0.930 bits per heavy atom. The first kappa shape index (κ1) is 30.5. The van der Waals surface area contributed by atoms with Crippen LogP contribution in [0.2, 0.25) is 0 Å². The SMILES string of the molecule is COc1cc(C[C@@H]2NC(=O)[C@@H]3Cc4c(O)c(C)c(OC)c(OC)c4[C@H]2N3C)c(S(=O)(=O)c2ccc(C)cc2)c(C)c1OC. The van der Waals surface area contributed by atoms with Gasteiger partial charge in [-0.05, 0) is 58.0 Å². The smallest absolute Gasteiger partial charge is 0.238 e. The largest absolute Gasteiger partial charge is 0.507 e. The zero-order valence-corrected chi connectivity index (χ0v) is 26.5. The van der Waals surface area contributed by atoms with Crippen LogP contribution in [0.1, 0.15) is 39.4 Å². The first-order chi connectivity index (χ1) is 20.4. The molecule has 2 bridgehead atoms. The number of likely N-dealkylation sites (N-methyl/N-ethyl adjacent to an activating group) is 1. The molecule has 0 unspecified atom stereocenters. The molecule has 3 aromatic rings. The molecule has 2 heterocycles. The molecule has 230 valence electrons. The maximum atomic E-state index is 14.2. The van der Waals surface area contributed by atoms with Crippen LogP contribution in [-0.2, 0) is 27.5 Å². The normalized spacial score (nSPS) is 19.8. The highest BCUT2D eigenvalue weighted by Crippen LogP contribution is 2.52. The highest BCUT2D eigenvalue weighted by molar-refractivity contribution is 7.91. The molecule has 0 saturated carbocycles. The lowest BCUT2D eigenvalue weighted by Crippen LogP contribution is -2.63. The number of sulfone groups is 1. The second-order valence-electron chi connectivity index (χ2n) is 11.1. The fraction of sp³-hybridized carbons (Fsp3) is 0.406. The summed E-state index contributed by atoms with van der Waals surface area (Å²) in [5, 5.41) is 14.4. The maximum absolute atomic E-state index is 14.2. The Hall–Kier alpha value is -3.96. The number of carbonyl (C=O) groups is 1. The van der Waals surface area contributed by atoms with E-state index in [4.69, 9.17) is 18.9 Å². The summed E-state index contributed by atoms with van der Waals surface area (Å²) in [6.45, 7) is 5.33. The number of methoxy groups -OCH3 is 4. The third-order valence-corrected chi connectivity index (χ3v) is 10.8. The van der Waals surface area contributed by atoms with Gasteiger partial charge in [0, 0.05) is 28.7 Å². The van der Waals surface area contributed by atoms with E-state index in [-0.39, 0.29) is 34.3 Å². The number of nitrogens with one attached hydrogen (secondary N) is 1. The predicted molar refractivity (Wildman–Crippen MR) is 160 cm³/mol. The molecule has 2 aliphatic rings. The number of rotatable bonds is 8. The molecule has 10 nitrogen and oxygen atoms in total. The second-order valence-corrected chi connectivity index (χ2v) is 13.0. The monoisotopic (exact) mass is 610 g/mol. The maximum Gasteiger partial charge on any atom is 0.238 e. The highest BCUT2D eigenvalue weighted by atomic mass is 32.2. The third-order valence-electron chi connectivity index (χ3n) is 8.77. The van der Waals surface area contributed by atoms with Crippen molar-refractivity contribution in [3.8, 4) is 28.7 Å². The number of amides is 1. The van der Waals surface area contributed by atoms with Gasteiger partial charge in [-0.3, -0.25) is 9.69 Å². The van der Waals surface area contributed by atoms with Gasteiger partial charge in [-0.15, -0.1) is 0 Å². The van der Waals surface area contributed by atoms with E-state index in [0.717, 1.165) is 5.56 Å². The number of piperazine rings is 1. The summed E-state index contributed by atoms with van der Waals surface area (Å²) in [7, 11) is 3.86. The number of carbonyl (C=O) groups excluding carboxylic acids is 1. The van der Waals surface area contributed by atoms with E-state index in [0.29, 0.717) is 50.8 Å². The average molecular weight is 611 g/mol. The summed E-state index contributed by atoms with van der Waals surface area (Å²) < 4.78 is 51.2. The first-order valence-corrected chi connectivity index (χ1v) is 15.4. The number of aryl methyl sites for hydroxylation is 1. The molecule has 5 rings (SSSR count). The summed E-state index contributed by atoms with van der Waals surface area (Å²) in [6.07, 6.45) is 0.422. The zero-order valence-electron chi connectivity index (χ0n) is 25.7. The second kappa shape index (κ2) is 11.3. The van der Waals surface area contributed by atoms with Crippen LogP contribution >= 0.6 is 0 Å². The minimum Gasteiger partial charge on any atom is -0.507 e. The molecule has 43 heavy (non-hydrogen) atoms. The van der Waals surface area contributed by atoms with Crippen LogP contribution in [-0.4, -0.2) is 71.9 Å². The molecule has 2 N–H and O–H groups in total. The average Bonchev–Trinajstić information content (AvgIpc) is 2.97. The van der Waals surface area contributed by atoms with Gasteiger partial charge in [-0.2, -0.15) is 0 Å². The number of phenolic OH excluding ortho intramolecular Hbond substituents is 1. The molecule has 2 aliphatic heterocycles. The molecule has 1 fully saturated rings. The zero-order chi connectivity index (χ0) is 31.4. The van der Waals surface area contributed by atoms with Gasteiger partial charge in [-0.1, -0.05) is 17.7 Å². The number of hydrogen-bond donors (Lipinski definition) is 2. The number of fused-ring (bicyclic) bond motifs is 4. The molecule has 0 aliphatic carbocycles. The van der Waals surface area contributed by atoms with Gasteiger partial charge in [0.2, 0.25) is 15.7 Å². The predicted octanol–water partition coefficient (Wildman–Crippen LogP) is 3.82. The molecule has 1 amide bonds. The summed E-state index contributed by atoms with van der Waals surface area (Å²) in [6, 6.07) is 6.76. The molecular weight excluding hydrogens is 572 g/mol. The summed E-state index contributed by atoms with van der Waals surface area (Å²) in [4.78, 5) is 15.7. The van der Waals surface area contributed by atoms with E-state index >= 15 is 0 Å². The molecule has 0 radical (unpaired) electrons. The van der Waals surface area contributed by atoms with Gasteiger partial charge < -0.3 is 29.4 Å². The van der Waals surface area contributed by atoms with Crippen molar-refractivity contribution < 1.29 is 37.3 Å². The minimum atomic E-state index is -4.02. The van der Waals surface area contributed by atoms with Gasteiger partial charge in [-0.25, -0.2) is 8.42 Å². The number of aromatic hydroxyl groups is 1. The quantitative estimate of drug-likeness (QED) is 0.392. The Labute approximate surface area is 252 Å². The van der Waals surface area contributed by atoms with Crippen LogP contribution in [0.4, 0.5) is 0 Å². The van der Waals surface area contributed by atoms with E-state index in [1.807, 2.05) is 18.9 Å². The summed E-state index contributed by atoms with van der Waals surface area (Å²) >= 11 is 0. The molecule has 0 spiro atoms. The van der Waals surface area contributed by atoms with Crippen molar-refractivity contribution >= 4 is 15.7 Å². The van der Waals surface area contributed by atoms with Crippen LogP contribution in [0.3, 0.4) is 0 Å². The third kappa shape index (κ3) is 4.75. The fourth-order valence-corrected chi connectivity index (χ4v) is 8.41. The minimum absolute atomic E-state index is 0.0637. The van der Waals surface area contributed by atoms with E-state index in [1.165, 1.54) is 21.3 Å². The first-order valence-electron chi connectivity index (χ1n) is 14.0. The Morgan fingerprint density at radius 3 is 2.14 bits per heavy atom. The number of benzene rings is 3. The highest BCUT2D eigenvalue weighted by Gasteiger charge is 2.49. The van der Waals surface area contributed by atoms with Crippen LogP contribution in [0.15, 0.2) is 40.1 Å². The van der Waals surface area contributed by atoms with E-state index in [1.54, 1.807) is 51.3 Å². The molecule has 1 saturated heterocycles. The van der Waals surface area contributed by atoms with Gasteiger partial charge >= 0.3 is 0 Å². The van der Waals surface area contributed by atoms with Crippen molar-refractivity contribution in [3.63, 3.8) is 0 Å². The number of hydrogen-bond acceptors (Lipinski definition) is 9. The van der Waals surface area contributed by atoms with Crippen molar-refractivity contribution in [1.29, 1.82) is 0 Å². The standard InChI is InChI=1S/C32H38N2O8S/c1-16-9-11-20(12-10-16)43(37,38)31-18(3)28(40-6)24(39-5)14-19(31)13-22-26-25-21(15-23(34(26)4)32(36)33-22)27(35)17(2)29(41-7)30(25)42-8/h9-12,14,22-23,26,35H,13,15H2,1-8H3,(H,33,36)/t22-,23-,26-/m0/s1. The molecule has 3 aromatic carbocycles. The Kier molecular flexibility index (Phi) is 8.00. The van der Waals surface area contributed by atoms with Gasteiger partial charge in [0.25, 0.3) is 0 Å². The lowest BCUT2D eigenvalue weighted by atomic mass is 9.78. The van der Waals surface area contributed by atoms with Crippen molar-refractivity contribution in [2.24, 2.45) is 0 Å². The molecule has 0 aromatic heterocycles. The Balaban J connectivity index is 1.73. The van der Waals surface area contributed by atoms with E-state index in [2.05, 4.69) is 5.32 Å². The summed E-state index contributed by atoms with van der Waals surface area (Å²) in [5.41, 5.74) is 3.65. The van der Waals surface area contributed by atoms with E-state index < -0.39 is 28.0 Å². The van der Waals surface area contributed by atoms with Crippen LogP contribution in [0.25, 0.3) is 0 Å². The molecule has 11 heteroatoms. The Bertz CT molecular complexity index is 1700. The van der Waals surface area contributed by atoms with Crippen LogP contribution in [0, 0.1) is 20.8 Å². The fourth-order valence-electron chi connectivity index (χ4n) is 6.70. The number of phenols is 1. The van der Waals surface area contributed by atoms with Gasteiger partial charge in [0.1, 0.15) is 5.75 Å². The van der Waals surface area contributed by atoms with Gasteiger partial charge in [0.05, 0.1) is 56.4 Å². The van der Waals surface area contributed by atoms with Crippen molar-refractivity contribution in [2.75, 3.05) is 35.5 Å². The van der Waals surface area contributed by atoms with Crippen LogP contribution in [0.5, 0.6) is 28.7 Å². The lowest BCUT2D eigenvalue weighted by molar-refractivity contribution is -0.133. The van der Waals surface area contributed by atoms with E-state index in [9.17, 15) is 18.3 Å². The lowest BCUT2D eigenvalue weighted by Gasteiger charge is -2.49. The van der Waals surface area contributed by atoms with Crippen molar-refractivity contribution in [1.82, 2.24) is 10.2 Å². The Morgan fingerprint density at radius 2 is 1.56 bits per heavy atom. The molecule has 3 atom stereocenters.